The molecule has 0 fully saturated rings. The van der Waals surface area contributed by atoms with Crippen LogP contribution < -0.4 is 4.74 Å². The van der Waals surface area contributed by atoms with Crippen LogP contribution in [0.2, 0.25) is 0 Å². The summed E-state index contributed by atoms with van der Waals surface area (Å²) >= 11 is 0. The number of hydrogen-bond acceptors (Lipinski definition) is 2. The Kier molecular flexibility index (Phi) is 4.56. The molecular weight excluding hydrogens is 193 g/mol. The highest BCUT2D eigenvalue weighted by atomic mass is 19.1. The molecule has 0 heterocycles. The summed E-state index contributed by atoms with van der Waals surface area (Å²) in [5.74, 6) is 0.0549. The monoisotopic (exact) mass is 211 g/mol. The van der Waals surface area contributed by atoms with Gasteiger partial charge in [-0.05, 0) is 38.2 Å². The highest BCUT2D eigenvalue weighted by Crippen LogP contribution is 2.18. The summed E-state index contributed by atoms with van der Waals surface area (Å²) < 4.78 is 18.6. The second-order valence-electron chi connectivity index (χ2n) is 3.53. The molecule has 0 aliphatic rings. The molecule has 84 valence electrons. The van der Waals surface area contributed by atoms with Crippen LogP contribution in [0.4, 0.5) is 4.39 Å². The first-order valence-corrected chi connectivity index (χ1v) is 5.27. The predicted octanol–water partition coefficient (Wildman–Crippen LogP) is 2.68. The van der Waals surface area contributed by atoms with Crippen molar-refractivity contribution < 1.29 is 9.13 Å². The molecule has 0 N–H and O–H groups in total. The molecule has 0 saturated heterocycles. The topological polar surface area (TPSA) is 12.5 Å². The summed E-state index contributed by atoms with van der Waals surface area (Å²) in [6.07, 6.45) is 0. The third kappa shape index (κ3) is 3.51. The summed E-state index contributed by atoms with van der Waals surface area (Å²) in [7, 11) is 2.01. The molecule has 2 nitrogen and oxygen atoms in total. The summed E-state index contributed by atoms with van der Waals surface area (Å²) in [6.45, 7) is 6.13. The summed E-state index contributed by atoms with van der Waals surface area (Å²) in [5, 5.41) is 0. The zero-order chi connectivity index (χ0) is 11.3. The Balaban J connectivity index is 2.73. The number of nitrogens with zero attached hydrogens (tertiary/aromatic N) is 1. The highest BCUT2D eigenvalue weighted by Gasteiger charge is 2.05. The molecule has 1 aromatic carbocycles. The fourth-order valence-corrected chi connectivity index (χ4v) is 1.34. The molecule has 0 saturated carbocycles. The van der Waals surface area contributed by atoms with E-state index in [2.05, 4.69) is 11.8 Å². The van der Waals surface area contributed by atoms with E-state index in [9.17, 15) is 4.39 Å². The van der Waals surface area contributed by atoms with E-state index in [1.54, 1.807) is 6.07 Å². The van der Waals surface area contributed by atoms with Gasteiger partial charge < -0.3 is 9.64 Å². The maximum absolute atomic E-state index is 13.4. The minimum atomic E-state index is -0.279. The van der Waals surface area contributed by atoms with Gasteiger partial charge in [0.15, 0.2) is 11.6 Å². The van der Waals surface area contributed by atoms with Gasteiger partial charge in [0.25, 0.3) is 0 Å². The predicted molar refractivity (Wildman–Crippen MR) is 59.6 cm³/mol. The summed E-state index contributed by atoms with van der Waals surface area (Å²) in [4.78, 5) is 2.12. The van der Waals surface area contributed by atoms with Gasteiger partial charge in [-0.2, -0.15) is 0 Å². The van der Waals surface area contributed by atoms with Crippen molar-refractivity contribution in [3.8, 4) is 5.75 Å². The van der Waals surface area contributed by atoms with E-state index in [1.165, 1.54) is 6.07 Å². The van der Waals surface area contributed by atoms with Gasteiger partial charge in [0.05, 0.1) is 6.61 Å². The molecular formula is C12H18FNO. The third-order valence-electron chi connectivity index (χ3n) is 2.29. The number of halogens is 1. The van der Waals surface area contributed by atoms with Crippen LogP contribution in [0.25, 0.3) is 0 Å². The van der Waals surface area contributed by atoms with Crippen molar-refractivity contribution in [3.05, 3.63) is 29.6 Å². The van der Waals surface area contributed by atoms with E-state index < -0.39 is 0 Å². The van der Waals surface area contributed by atoms with Gasteiger partial charge in [0.1, 0.15) is 0 Å². The van der Waals surface area contributed by atoms with Crippen LogP contribution in [0.5, 0.6) is 5.75 Å². The lowest BCUT2D eigenvalue weighted by Gasteiger charge is -2.14. The number of rotatable bonds is 5. The molecule has 1 rings (SSSR count). The quantitative estimate of drug-likeness (QED) is 0.742. The first-order chi connectivity index (χ1) is 7.17. The van der Waals surface area contributed by atoms with Crippen molar-refractivity contribution in [2.24, 2.45) is 0 Å². The molecule has 0 aliphatic carbocycles. The zero-order valence-electron chi connectivity index (χ0n) is 9.59. The fraction of sp³-hybridized carbons (Fsp3) is 0.500. The Labute approximate surface area is 90.7 Å². The molecule has 0 aromatic heterocycles. The van der Waals surface area contributed by atoms with Crippen LogP contribution in [0.1, 0.15) is 19.4 Å². The third-order valence-corrected chi connectivity index (χ3v) is 2.29. The van der Waals surface area contributed by atoms with Crippen molar-refractivity contribution in [2.45, 2.75) is 20.4 Å². The molecule has 0 atom stereocenters. The molecule has 0 aliphatic heterocycles. The maximum Gasteiger partial charge on any atom is 0.165 e. The van der Waals surface area contributed by atoms with Gasteiger partial charge in [0.2, 0.25) is 0 Å². The van der Waals surface area contributed by atoms with Crippen LogP contribution in [0.3, 0.4) is 0 Å². The molecule has 0 radical (unpaired) electrons. The van der Waals surface area contributed by atoms with Gasteiger partial charge in [-0.3, -0.25) is 0 Å². The minimum Gasteiger partial charge on any atom is -0.491 e. The smallest absolute Gasteiger partial charge is 0.165 e. The first-order valence-electron chi connectivity index (χ1n) is 5.27. The van der Waals surface area contributed by atoms with Crippen molar-refractivity contribution in [1.29, 1.82) is 0 Å². The van der Waals surface area contributed by atoms with Crippen LogP contribution in [-0.2, 0) is 6.54 Å². The first kappa shape index (κ1) is 12.0. The summed E-state index contributed by atoms with van der Waals surface area (Å²) in [6, 6.07) is 5.13. The van der Waals surface area contributed by atoms with Crippen LogP contribution in [0, 0.1) is 5.82 Å². The molecule has 0 unspecified atom stereocenters. The summed E-state index contributed by atoms with van der Waals surface area (Å²) in [5.41, 5.74) is 0.973. The lowest BCUT2D eigenvalue weighted by Crippen LogP contribution is -2.16. The van der Waals surface area contributed by atoms with Crippen molar-refractivity contribution in [2.75, 3.05) is 20.2 Å². The largest absolute Gasteiger partial charge is 0.491 e. The van der Waals surface area contributed by atoms with Gasteiger partial charge in [0, 0.05) is 6.54 Å². The second-order valence-corrected chi connectivity index (χ2v) is 3.53. The van der Waals surface area contributed by atoms with Gasteiger partial charge >= 0.3 is 0 Å². The fourth-order valence-electron chi connectivity index (χ4n) is 1.34. The molecule has 3 heteroatoms. The molecule has 0 amide bonds. The van der Waals surface area contributed by atoms with Crippen molar-refractivity contribution in [1.82, 2.24) is 4.90 Å². The van der Waals surface area contributed by atoms with E-state index in [0.29, 0.717) is 12.4 Å². The molecule has 1 aromatic rings. The van der Waals surface area contributed by atoms with Crippen LogP contribution in [0.15, 0.2) is 18.2 Å². The van der Waals surface area contributed by atoms with Crippen molar-refractivity contribution in [3.63, 3.8) is 0 Å². The maximum atomic E-state index is 13.4. The molecule has 15 heavy (non-hydrogen) atoms. The van der Waals surface area contributed by atoms with Gasteiger partial charge in [-0.15, -0.1) is 0 Å². The van der Waals surface area contributed by atoms with Crippen LogP contribution >= 0.6 is 0 Å². The van der Waals surface area contributed by atoms with Crippen LogP contribution in [-0.4, -0.2) is 25.1 Å². The van der Waals surface area contributed by atoms with E-state index in [0.717, 1.165) is 18.7 Å². The van der Waals surface area contributed by atoms with Crippen molar-refractivity contribution >= 4 is 0 Å². The Hall–Kier alpha value is -1.09. The standard InChI is InChI=1S/C12H18FNO/c1-4-14(3)9-10-6-7-12(15-5-2)11(13)8-10/h6-8H,4-5,9H2,1-3H3. The lowest BCUT2D eigenvalue weighted by molar-refractivity contribution is 0.319. The minimum absolute atomic E-state index is 0.279. The Morgan fingerprint density at radius 2 is 2.07 bits per heavy atom. The Morgan fingerprint density at radius 1 is 1.33 bits per heavy atom. The van der Waals surface area contributed by atoms with E-state index >= 15 is 0 Å². The lowest BCUT2D eigenvalue weighted by atomic mass is 10.2. The SMILES string of the molecule is CCOc1ccc(CN(C)CC)cc1F. The average molecular weight is 211 g/mol. The Bertz CT molecular complexity index is 314. The normalized spacial score (nSPS) is 10.7. The highest BCUT2D eigenvalue weighted by molar-refractivity contribution is 5.29. The second kappa shape index (κ2) is 5.71. The van der Waals surface area contributed by atoms with Gasteiger partial charge in [-0.25, -0.2) is 4.39 Å². The van der Waals surface area contributed by atoms with Gasteiger partial charge in [-0.1, -0.05) is 13.0 Å². The van der Waals surface area contributed by atoms with E-state index in [1.807, 2.05) is 20.0 Å². The number of benzene rings is 1. The zero-order valence-corrected chi connectivity index (χ0v) is 9.59. The molecule has 0 bridgehead atoms. The van der Waals surface area contributed by atoms with E-state index in [4.69, 9.17) is 4.74 Å². The number of hydrogen-bond donors (Lipinski definition) is 0. The molecule has 0 spiro atoms. The number of ether oxygens (including phenoxy) is 1. The Morgan fingerprint density at radius 3 is 2.60 bits per heavy atom. The van der Waals surface area contributed by atoms with E-state index in [-0.39, 0.29) is 5.82 Å². The average Bonchev–Trinajstić information content (AvgIpc) is 2.22.